The molecule has 0 aromatic rings. The SMILES string of the molecule is CC(C)C1CCC(C)(NC(=O)C2(C)CCC(C(C)C)CC2)CC1. The Morgan fingerprint density at radius 3 is 1.61 bits per heavy atom. The number of carbonyl (C=O) groups is 1. The highest BCUT2D eigenvalue weighted by Crippen LogP contribution is 2.42. The second kappa shape index (κ2) is 7.15. The second-order valence-corrected chi connectivity index (χ2v) is 9.74. The maximum Gasteiger partial charge on any atom is 0.226 e. The summed E-state index contributed by atoms with van der Waals surface area (Å²) < 4.78 is 0. The zero-order valence-corrected chi connectivity index (χ0v) is 16.4. The molecule has 2 heteroatoms. The minimum absolute atomic E-state index is 0.0282. The fraction of sp³-hybridized carbons (Fsp3) is 0.952. The van der Waals surface area contributed by atoms with Gasteiger partial charge in [0.25, 0.3) is 0 Å². The number of hydrogen-bond acceptors (Lipinski definition) is 1. The van der Waals surface area contributed by atoms with Gasteiger partial charge in [0, 0.05) is 11.0 Å². The van der Waals surface area contributed by atoms with Gasteiger partial charge in [-0.15, -0.1) is 0 Å². The van der Waals surface area contributed by atoms with Crippen molar-refractivity contribution in [1.29, 1.82) is 0 Å². The van der Waals surface area contributed by atoms with E-state index in [2.05, 4.69) is 46.9 Å². The lowest BCUT2D eigenvalue weighted by molar-refractivity contribution is -0.135. The summed E-state index contributed by atoms with van der Waals surface area (Å²) in [7, 11) is 0. The van der Waals surface area contributed by atoms with Crippen molar-refractivity contribution in [3.8, 4) is 0 Å². The van der Waals surface area contributed by atoms with E-state index in [0.29, 0.717) is 5.91 Å². The summed E-state index contributed by atoms with van der Waals surface area (Å²) in [5, 5.41) is 3.47. The molecule has 0 aromatic heterocycles. The van der Waals surface area contributed by atoms with Gasteiger partial charge in [-0.25, -0.2) is 0 Å². The first-order chi connectivity index (χ1) is 10.7. The molecule has 0 heterocycles. The highest BCUT2D eigenvalue weighted by Gasteiger charge is 2.41. The number of nitrogens with one attached hydrogen (secondary N) is 1. The molecule has 0 spiro atoms. The van der Waals surface area contributed by atoms with Crippen LogP contribution in [0.4, 0.5) is 0 Å². The van der Waals surface area contributed by atoms with Crippen LogP contribution in [-0.4, -0.2) is 11.4 Å². The van der Waals surface area contributed by atoms with Crippen LogP contribution in [0.25, 0.3) is 0 Å². The quantitative estimate of drug-likeness (QED) is 0.721. The maximum absolute atomic E-state index is 13.0. The highest BCUT2D eigenvalue weighted by molar-refractivity contribution is 5.83. The van der Waals surface area contributed by atoms with Crippen molar-refractivity contribution in [3.05, 3.63) is 0 Å². The van der Waals surface area contributed by atoms with Crippen LogP contribution in [0.5, 0.6) is 0 Å². The smallest absolute Gasteiger partial charge is 0.226 e. The Balaban J connectivity index is 1.89. The molecular weight excluding hydrogens is 282 g/mol. The second-order valence-electron chi connectivity index (χ2n) is 9.74. The lowest BCUT2D eigenvalue weighted by Crippen LogP contribution is -2.53. The van der Waals surface area contributed by atoms with Gasteiger partial charge in [0.2, 0.25) is 5.91 Å². The van der Waals surface area contributed by atoms with Crippen LogP contribution in [0.3, 0.4) is 0 Å². The number of rotatable bonds is 4. The first-order valence-corrected chi connectivity index (χ1v) is 9.98. The lowest BCUT2D eigenvalue weighted by Gasteiger charge is -2.43. The Kier molecular flexibility index (Phi) is 5.85. The van der Waals surface area contributed by atoms with E-state index in [0.717, 1.165) is 49.4 Å². The van der Waals surface area contributed by atoms with Crippen molar-refractivity contribution in [2.24, 2.45) is 29.1 Å². The van der Waals surface area contributed by atoms with Crippen molar-refractivity contribution in [2.75, 3.05) is 0 Å². The van der Waals surface area contributed by atoms with Gasteiger partial charge in [0.05, 0.1) is 0 Å². The van der Waals surface area contributed by atoms with Crippen LogP contribution < -0.4 is 5.32 Å². The van der Waals surface area contributed by atoms with Crippen molar-refractivity contribution in [1.82, 2.24) is 5.32 Å². The summed E-state index contributed by atoms with van der Waals surface area (Å²) in [5.74, 6) is 3.51. The normalized spacial score (nSPS) is 38.8. The van der Waals surface area contributed by atoms with E-state index >= 15 is 0 Å². The molecule has 23 heavy (non-hydrogen) atoms. The standard InChI is InChI=1S/C21H39NO/c1-15(2)17-7-11-20(5,12-8-17)19(23)22-21(6)13-9-18(10-14-21)16(3)4/h15-18H,7-14H2,1-6H3,(H,22,23). The molecule has 0 aromatic carbocycles. The Bertz CT molecular complexity index is 396. The van der Waals surface area contributed by atoms with Gasteiger partial charge < -0.3 is 5.32 Å². The zero-order chi connectivity index (χ0) is 17.3. The van der Waals surface area contributed by atoms with Crippen LogP contribution >= 0.6 is 0 Å². The summed E-state index contributed by atoms with van der Waals surface area (Å²) in [6.45, 7) is 13.8. The van der Waals surface area contributed by atoms with Gasteiger partial charge in [-0.3, -0.25) is 4.79 Å². The van der Waals surface area contributed by atoms with Crippen molar-refractivity contribution in [2.45, 2.75) is 98.4 Å². The van der Waals surface area contributed by atoms with E-state index in [-0.39, 0.29) is 11.0 Å². The third-order valence-corrected chi connectivity index (χ3v) is 7.12. The molecule has 0 unspecified atom stereocenters. The Morgan fingerprint density at radius 1 is 0.826 bits per heavy atom. The molecule has 2 nitrogen and oxygen atoms in total. The minimum atomic E-state index is -0.136. The maximum atomic E-state index is 13.0. The molecule has 2 aliphatic rings. The lowest BCUT2D eigenvalue weighted by atomic mass is 9.67. The Labute approximate surface area is 144 Å². The van der Waals surface area contributed by atoms with Crippen molar-refractivity contribution >= 4 is 5.91 Å². The van der Waals surface area contributed by atoms with E-state index in [4.69, 9.17) is 0 Å². The molecule has 1 amide bonds. The minimum Gasteiger partial charge on any atom is -0.350 e. The number of hydrogen-bond donors (Lipinski definition) is 1. The van der Waals surface area contributed by atoms with E-state index in [1.807, 2.05) is 0 Å². The highest BCUT2D eigenvalue weighted by atomic mass is 16.2. The summed E-state index contributed by atoms with van der Waals surface area (Å²) in [6, 6.07) is 0. The third-order valence-electron chi connectivity index (χ3n) is 7.12. The Hall–Kier alpha value is -0.530. The molecule has 134 valence electrons. The molecule has 1 N–H and O–H groups in total. The van der Waals surface area contributed by atoms with Crippen LogP contribution in [0.1, 0.15) is 92.9 Å². The van der Waals surface area contributed by atoms with Gasteiger partial charge in [-0.2, -0.15) is 0 Å². The van der Waals surface area contributed by atoms with Crippen LogP contribution in [-0.2, 0) is 4.79 Å². The van der Waals surface area contributed by atoms with Crippen LogP contribution in [0, 0.1) is 29.1 Å². The van der Waals surface area contributed by atoms with Gasteiger partial charge in [-0.05, 0) is 82.0 Å². The largest absolute Gasteiger partial charge is 0.350 e. The van der Waals surface area contributed by atoms with E-state index < -0.39 is 0 Å². The van der Waals surface area contributed by atoms with Crippen LogP contribution in [0.15, 0.2) is 0 Å². The predicted molar refractivity (Wildman–Crippen MR) is 98.2 cm³/mol. The molecule has 0 bridgehead atoms. The fourth-order valence-electron chi connectivity index (χ4n) is 4.66. The van der Waals surface area contributed by atoms with Gasteiger partial charge in [0.1, 0.15) is 0 Å². The van der Waals surface area contributed by atoms with Gasteiger partial charge in [-0.1, -0.05) is 34.6 Å². The van der Waals surface area contributed by atoms with E-state index in [9.17, 15) is 4.79 Å². The molecule has 0 atom stereocenters. The first-order valence-electron chi connectivity index (χ1n) is 9.98. The number of amides is 1. The van der Waals surface area contributed by atoms with Crippen molar-refractivity contribution < 1.29 is 4.79 Å². The molecule has 0 radical (unpaired) electrons. The fourth-order valence-corrected chi connectivity index (χ4v) is 4.66. The Morgan fingerprint density at radius 2 is 1.22 bits per heavy atom. The summed E-state index contributed by atoms with van der Waals surface area (Å²) in [6.07, 6.45) is 9.37. The average molecular weight is 322 g/mol. The molecular formula is C21H39NO. The summed E-state index contributed by atoms with van der Waals surface area (Å²) in [5.41, 5.74) is -0.107. The molecule has 2 fully saturated rings. The molecule has 2 saturated carbocycles. The predicted octanol–water partition coefficient (Wildman–Crippen LogP) is 5.56. The van der Waals surface area contributed by atoms with Gasteiger partial charge in [0.15, 0.2) is 0 Å². The molecule has 0 aliphatic heterocycles. The van der Waals surface area contributed by atoms with Crippen LogP contribution in [0.2, 0.25) is 0 Å². The van der Waals surface area contributed by atoms with E-state index in [1.165, 1.54) is 25.7 Å². The summed E-state index contributed by atoms with van der Waals surface area (Å²) >= 11 is 0. The molecule has 2 rings (SSSR count). The monoisotopic (exact) mass is 321 g/mol. The average Bonchev–Trinajstić information content (AvgIpc) is 2.47. The first kappa shape index (κ1) is 18.8. The third kappa shape index (κ3) is 4.51. The topological polar surface area (TPSA) is 29.1 Å². The molecule has 2 aliphatic carbocycles. The summed E-state index contributed by atoms with van der Waals surface area (Å²) in [4.78, 5) is 13.0. The zero-order valence-electron chi connectivity index (χ0n) is 16.4. The number of carbonyl (C=O) groups excluding carboxylic acids is 1. The van der Waals surface area contributed by atoms with E-state index in [1.54, 1.807) is 0 Å². The van der Waals surface area contributed by atoms with Crippen molar-refractivity contribution in [3.63, 3.8) is 0 Å². The molecule has 0 saturated heterocycles. The van der Waals surface area contributed by atoms with Gasteiger partial charge >= 0.3 is 0 Å².